The smallest absolute Gasteiger partial charge is 0.246 e. The van der Waals surface area contributed by atoms with Gasteiger partial charge in [0, 0.05) is 5.92 Å². The Kier molecular flexibility index (Phi) is 3.61. The lowest BCUT2D eigenvalue weighted by Gasteiger charge is -2.33. The molecule has 1 unspecified atom stereocenters. The highest BCUT2D eigenvalue weighted by Gasteiger charge is 2.36. The molecule has 2 aliphatic rings. The maximum atomic E-state index is 5.59. The highest BCUT2D eigenvalue weighted by Crippen LogP contribution is 2.42. The van der Waals surface area contributed by atoms with Crippen molar-refractivity contribution in [3.8, 4) is 0 Å². The Labute approximate surface area is 121 Å². The molecule has 3 rings (SSSR count). The van der Waals surface area contributed by atoms with Crippen LogP contribution in [-0.4, -0.2) is 16.7 Å². The molecule has 2 fully saturated rings. The Bertz CT molecular complexity index is 450. The summed E-state index contributed by atoms with van der Waals surface area (Å²) in [6, 6.07) is 0. The Morgan fingerprint density at radius 2 is 1.85 bits per heavy atom. The predicted molar refractivity (Wildman–Crippen MR) is 78.5 cm³/mol. The van der Waals surface area contributed by atoms with Crippen LogP contribution >= 0.6 is 0 Å². The van der Waals surface area contributed by atoms with Crippen LogP contribution in [0.1, 0.15) is 83.3 Å². The maximum Gasteiger partial charge on any atom is 0.246 e. The number of nitrogens with zero attached hydrogens (tertiary/aromatic N) is 2. The third kappa shape index (κ3) is 2.76. The molecule has 0 spiro atoms. The molecule has 1 aliphatic heterocycles. The normalized spacial score (nSPS) is 31.4. The van der Waals surface area contributed by atoms with E-state index in [9.17, 15) is 0 Å². The van der Waals surface area contributed by atoms with E-state index in [2.05, 4.69) is 31.2 Å². The van der Waals surface area contributed by atoms with Crippen molar-refractivity contribution in [3.63, 3.8) is 0 Å². The largest absolute Gasteiger partial charge is 0.337 e. The molecule has 112 valence electrons. The standard InChI is InChI=1S/C16H27N3O/c1-15(2)9-6-12(7-10-15)13-18-14(20-19-13)16(3)8-4-5-11-17-16/h12,17H,4-11H2,1-3H3. The molecule has 1 aromatic heterocycles. The topological polar surface area (TPSA) is 51.0 Å². The summed E-state index contributed by atoms with van der Waals surface area (Å²) >= 11 is 0. The molecule has 0 aromatic carbocycles. The molecule has 1 saturated carbocycles. The number of nitrogens with one attached hydrogen (secondary N) is 1. The zero-order chi connectivity index (χ0) is 14.2. The van der Waals surface area contributed by atoms with Crippen molar-refractivity contribution in [2.45, 2.75) is 77.2 Å². The average molecular weight is 277 g/mol. The van der Waals surface area contributed by atoms with E-state index in [0.29, 0.717) is 11.3 Å². The Morgan fingerprint density at radius 1 is 1.10 bits per heavy atom. The van der Waals surface area contributed by atoms with Crippen LogP contribution in [0.25, 0.3) is 0 Å². The Hall–Kier alpha value is -0.900. The first kappa shape index (κ1) is 14.1. The first-order valence-electron chi connectivity index (χ1n) is 8.08. The molecule has 1 aromatic rings. The average Bonchev–Trinajstić information content (AvgIpc) is 2.90. The quantitative estimate of drug-likeness (QED) is 0.894. The number of hydrogen-bond acceptors (Lipinski definition) is 4. The molecule has 0 amide bonds. The second-order valence-electron chi connectivity index (χ2n) is 7.61. The van der Waals surface area contributed by atoms with Gasteiger partial charge in [0.05, 0.1) is 5.54 Å². The van der Waals surface area contributed by atoms with Crippen LogP contribution in [-0.2, 0) is 5.54 Å². The molecule has 4 nitrogen and oxygen atoms in total. The fraction of sp³-hybridized carbons (Fsp3) is 0.875. The second kappa shape index (κ2) is 5.14. The van der Waals surface area contributed by atoms with Crippen LogP contribution in [0.15, 0.2) is 4.52 Å². The summed E-state index contributed by atoms with van der Waals surface area (Å²) < 4.78 is 5.59. The lowest BCUT2D eigenvalue weighted by Crippen LogP contribution is -2.43. The van der Waals surface area contributed by atoms with Gasteiger partial charge in [0.1, 0.15) is 0 Å². The highest BCUT2D eigenvalue weighted by molar-refractivity contribution is 5.06. The zero-order valence-electron chi connectivity index (χ0n) is 13.0. The molecule has 20 heavy (non-hydrogen) atoms. The van der Waals surface area contributed by atoms with Crippen molar-refractivity contribution in [2.24, 2.45) is 5.41 Å². The van der Waals surface area contributed by atoms with Crippen LogP contribution in [0.5, 0.6) is 0 Å². The molecule has 4 heteroatoms. The predicted octanol–water partition coefficient (Wildman–Crippen LogP) is 3.74. The van der Waals surface area contributed by atoms with Crippen LogP contribution in [0.2, 0.25) is 0 Å². The SMILES string of the molecule is CC1(C)CCC(c2noc(C3(C)CCCCN3)n2)CC1. The van der Waals surface area contributed by atoms with Gasteiger partial charge in [0.15, 0.2) is 5.82 Å². The van der Waals surface area contributed by atoms with Crippen molar-refractivity contribution < 1.29 is 4.52 Å². The second-order valence-corrected chi connectivity index (χ2v) is 7.61. The molecule has 2 heterocycles. The van der Waals surface area contributed by atoms with Gasteiger partial charge in [0.25, 0.3) is 0 Å². The summed E-state index contributed by atoms with van der Waals surface area (Å²) in [7, 11) is 0. The minimum Gasteiger partial charge on any atom is -0.337 e. The van der Waals surface area contributed by atoms with E-state index < -0.39 is 0 Å². The monoisotopic (exact) mass is 277 g/mol. The zero-order valence-corrected chi connectivity index (χ0v) is 13.0. The number of hydrogen-bond donors (Lipinski definition) is 1. The van der Waals surface area contributed by atoms with Gasteiger partial charge in [-0.3, -0.25) is 0 Å². The summed E-state index contributed by atoms with van der Waals surface area (Å²) in [5.41, 5.74) is 0.372. The third-order valence-corrected chi connectivity index (χ3v) is 5.24. The lowest BCUT2D eigenvalue weighted by molar-refractivity contribution is 0.204. The van der Waals surface area contributed by atoms with Crippen LogP contribution in [0.4, 0.5) is 0 Å². The first-order valence-corrected chi connectivity index (χ1v) is 8.08. The minimum absolute atomic E-state index is 0.114. The van der Waals surface area contributed by atoms with Crippen molar-refractivity contribution in [1.29, 1.82) is 0 Å². The lowest BCUT2D eigenvalue weighted by atomic mass is 9.73. The van der Waals surface area contributed by atoms with Gasteiger partial charge in [-0.15, -0.1) is 0 Å². The van der Waals surface area contributed by atoms with Gasteiger partial charge in [-0.2, -0.15) is 4.98 Å². The molecule has 1 atom stereocenters. The molecular weight excluding hydrogens is 250 g/mol. The fourth-order valence-electron chi connectivity index (χ4n) is 3.52. The molecule has 1 saturated heterocycles. The summed E-state index contributed by atoms with van der Waals surface area (Å²) in [6.07, 6.45) is 8.47. The number of rotatable bonds is 2. The van der Waals surface area contributed by atoms with Crippen LogP contribution in [0.3, 0.4) is 0 Å². The van der Waals surface area contributed by atoms with Crippen molar-refractivity contribution >= 4 is 0 Å². The van der Waals surface area contributed by atoms with Crippen LogP contribution in [0, 0.1) is 5.41 Å². The van der Waals surface area contributed by atoms with Crippen molar-refractivity contribution in [2.75, 3.05) is 6.54 Å². The molecule has 0 radical (unpaired) electrons. The molecular formula is C16H27N3O. The van der Waals surface area contributed by atoms with E-state index >= 15 is 0 Å². The van der Waals surface area contributed by atoms with Crippen LogP contribution < -0.4 is 5.32 Å². The van der Waals surface area contributed by atoms with Gasteiger partial charge in [-0.25, -0.2) is 0 Å². The molecule has 0 bridgehead atoms. The maximum absolute atomic E-state index is 5.59. The Morgan fingerprint density at radius 3 is 2.50 bits per heavy atom. The summed E-state index contributed by atoms with van der Waals surface area (Å²) in [5, 5.41) is 7.83. The summed E-state index contributed by atoms with van der Waals surface area (Å²) in [4.78, 5) is 4.74. The van der Waals surface area contributed by atoms with E-state index in [-0.39, 0.29) is 5.54 Å². The van der Waals surface area contributed by atoms with Gasteiger partial charge in [-0.1, -0.05) is 19.0 Å². The van der Waals surface area contributed by atoms with Crippen molar-refractivity contribution in [3.05, 3.63) is 11.7 Å². The fourth-order valence-corrected chi connectivity index (χ4v) is 3.52. The summed E-state index contributed by atoms with van der Waals surface area (Å²) in [5.74, 6) is 2.22. The number of piperidine rings is 1. The summed E-state index contributed by atoms with van der Waals surface area (Å²) in [6.45, 7) is 7.95. The Balaban J connectivity index is 1.71. The number of aromatic nitrogens is 2. The van der Waals surface area contributed by atoms with E-state index in [4.69, 9.17) is 9.51 Å². The van der Waals surface area contributed by atoms with Crippen molar-refractivity contribution in [1.82, 2.24) is 15.5 Å². The van der Waals surface area contributed by atoms with E-state index in [0.717, 1.165) is 24.7 Å². The van der Waals surface area contributed by atoms with Gasteiger partial charge >= 0.3 is 0 Å². The van der Waals surface area contributed by atoms with Gasteiger partial charge in [-0.05, 0) is 63.8 Å². The molecule has 1 N–H and O–H groups in total. The third-order valence-electron chi connectivity index (χ3n) is 5.24. The van der Waals surface area contributed by atoms with E-state index in [1.54, 1.807) is 0 Å². The molecule has 1 aliphatic carbocycles. The minimum atomic E-state index is -0.114. The van der Waals surface area contributed by atoms with Gasteiger partial charge in [0.2, 0.25) is 5.89 Å². The highest BCUT2D eigenvalue weighted by atomic mass is 16.5. The van der Waals surface area contributed by atoms with E-state index in [1.807, 2.05) is 0 Å². The van der Waals surface area contributed by atoms with Gasteiger partial charge < -0.3 is 9.84 Å². The first-order chi connectivity index (χ1) is 9.49. The van der Waals surface area contributed by atoms with E-state index in [1.165, 1.54) is 38.5 Å².